The van der Waals surface area contributed by atoms with Crippen molar-refractivity contribution in [2.24, 2.45) is 5.92 Å². The van der Waals surface area contributed by atoms with Crippen LogP contribution in [-0.4, -0.2) is 17.3 Å². The van der Waals surface area contributed by atoms with Crippen molar-refractivity contribution < 1.29 is 4.79 Å². The largest absolute Gasteiger partial charge is 0.293 e. The molecule has 1 aliphatic carbocycles. The number of aryl methyl sites for hydroxylation is 1. The Kier molecular flexibility index (Phi) is 5.30. The molecule has 0 saturated heterocycles. The molecule has 0 unspecified atom stereocenters. The first-order valence-electron chi connectivity index (χ1n) is 6.99. The summed E-state index contributed by atoms with van der Waals surface area (Å²) in [6.07, 6.45) is 6.54. The molecule has 18 heavy (non-hydrogen) atoms. The molecule has 0 radical (unpaired) electrons. The van der Waals surface area contributed by atoms with Gasteiger partial charge in [0, 0.05) is 5.56 Å². The molecular weight excluding hydrogens is 240 g/mol. The van der Waals surface area contributed by atoms with Gasteiger partial charge in [-0.2, -0.15) is 11.8 Å². The van der Waals surface area contributed by atoms with Crippen LogP contribution in [0.4, 0.5) is 0 Å². The molecule has 1 aromatic carbocycles. The molecule has 98 valence electrons. The van der Waals surface area contributed by atoms with E-state index in [4.69, 9.17) is 0 Å². The molecule has 0 N–H and O–H groups in total. The molecule has 1 nitrogen and oxygen atoms in total. The molecule has 0 spiro atoms. The summed E-state index contributed by atoms with van der Waals surface area (Å²) in [5, 5.41) is 0. The normalized spacial score (nSPS) is 16.1. The number of ketones is 1. The number of hydrogen-bond donors (Lipinski definition) is 0. The Morgan fingerprint density at radius 3 is 2.50 bits per heavy atom. The van der Waals surface area contributed by atoms with Crippen LogP contribution >= 0.6 is 11.8 Å². The second-order valence-electron chi connectivity index (χ2n) is 5.14. The lowest BCUT2D eigenvalue weighted by molar-refractivity contribution is 0.102. The summed E-state index contributed by atoms with van der Waals surface area (Å²) in [6.45, 7) is 2.13. The van der Waals surface area contributed by atoms with Crippen molar-refractivity contribution in [1.82, 2.24) is 0 Å². The van der Waals surface area contributed by atoms with E-state index in [0.29, 0.717) is 5.75 Å². The molecule has 2 heteroatoms. The summed E-state index contributed by atoms with van der Waals surface area (Å²) in [6, 6.07) is 8.07. The molecule has 2 rings (SSSR count). The van der Waals surface area contributed by atoms with Gasteiger partial charge in [-0.15, -0.1) is 0 Å². The lowest BCUT2D eigenvalue weighted by Crippen LogP contribution is -2.05. The quantitative estimate of drug-likeness (QED) is 0.709. The predicted molar refractivity (Wildman–Crippen MR) is 79.4 cm³/mol. The average Bonchev–Trinajstić information content (AvgIpc) is 2.92. The Morgan fingerprint density at radius 1 is 1.22 bits per heavy atom. The maximum atomic E-state index is 12.0. The highest BCUT2D eigenvalue weighted by atomic mass is 32.2. The zero-order valence-corrected chi connectivity index (χ0v) is 12.0. The number of benzene rings is 1. The standard InChI is InChI=1S/C16H22OS/c1-2-13-7-9-15(10-8-13)16(17)12-18-11-14-5-3-4-6-14/h7-10,14H,2-6,11-12H2,1H3. The van der Waals surface area contributed by atoms with Crippen LogP contribution in [0.25, 0.3) is 0 Å². The Hall–Kier alpha value is -0.760. The van der Waals surface area contributed by atoms with Crippen molar-refractivity contribution in [3.8, 4) is 0 Å². The maximum Gasteiger partial charge on any atom is 0.172 e. The van der Waals surface area contributed by atoms with Gasteiger partial charge in [0.25, 0.3) is 0 Å². The highest BCUT2D eigenvalue weighted by molar-refractivity contribution is 7.99. The summed E-state index contributed by atoms with van der Waals surface area (Å²) in [5.74, 6) is 2.95. The molecule has 1 saturated carbocycles. The topological polar surface area (TPSA) is 17.1 Å². The molecule has 0 bridgehead atoms. The van der Waals surface area contributed by atoms with Crippen LogP contribution in [0.2, 0.25) is 0 Å². The highest BCUT2D eigenvalue weighted by Gasteiger charge is 2.15. The van der Waals surface area contributed by atoms with E-state index >= 15 is 0 Å². The van der Waals surface area contributed by atoms with E-state index in [-0.39, 0.29) is 5.78 Å². The molecule has 1 aliphatic rings. The van der Waals surface area contributed by atoms with E-state index in [2.05, 4.69) is 19.1 Å². The molecule has 1 fully saturated rings. The fourth-order valence-electron chi connectivity index (χ4n) is 2.50. The third kappa shape index (κ3) is 3.88. The van der Waals surface area contributed by atoms with Crippen LogP contribution in [-0.2, 0) is 6.42 Å². The van der Waals surface area contributed by atoms with Crippen molar-refractivity contribution in [2.45, 2.75) is 39.0 Å². The van der Waals surface area contributed by atoms with E-state index in [1.165, 1.54) is 37.0 Å². The van der Waals surface area contributed by atoms with Gasteiger partial charge in [0.05, 0.1) is 5.75 Å². The van der Waals surface area contributed by atoms with Crippen LogP contribution in [0, 0.1) is 5.92 Å². The zero-order valence-electron chi connectivity index (χ0n) is 11.2. The van der Waals surface area contributed by atoms with Gasteiger partial charge in [0.1, 0.15) is 0 Å². The first-order chi connectivity index (χ1) is 8.79. The molecule has 0 amide bonds. The second-order valence-corrected chi connectivity index (χ2v) is 6.17. The molecule has 0 aliphatic heterocycles. The number of hydrogen-bond acceptors (Lipinski definition) is 2. The number of carbonyl (C=O) groups excluding carboxylic acids is 1. The number of thioether (sulfide) groups is 1. The smallest absolute Gasteiger partial charge is 0.172 e. The Labute approximate surface area is 114 Å². The van der Waals surface area contributed by atoms with E-state index in [1.54, 1.807) is 0 Å². The van der Waals surface area contributed by atoms with Gasteiger partial charge in [-0.1, -0.05) is 44.0 Å². The monoisotopic (exact) mass is 262 g/mol. The minimum Gasteiger partial charge on any atom is -0.293 e. The second kappa shape index (κ2) is 6.98. The number of Topliss-reactive ketones (excluding diaryl/α,β-unsaturated/α-hetero) is 1. The van der Waals surface area contributed by atoms with Crippen LogP contribution < -0.4 is 0 Å². The van der Waals surface area contributed by atoms with Gasteiger partial charge in [0.2, 0.25) is 0 Å². The van der Waals surface area contributed by atoms with Crippen LogP contribution in [0.15, 0.2) is 24.3 Å². The average molecular weight is 262 g/mol. The fourth-order valence-corrected chi connectivity index (χ4v) is 3.64. The van der Waals surface area contributed by atoms with Crippen LogP contribution in [0.5, 0.6) is 0 Å². The summed E-state index contributed by atoms with van der Waals surface area (Å²) < 4.78 is 0. The van der Waals surface area contributed by atoms with Crippen molar-refractivity contribution in [2.75, 3.05) is 11.5 Å². The van der Waals surface area contributed by atoms with E-state index in [9.17, 15) is 4.79 Å². The van der Waals surface area contributed by atoms with Gasteiger partial charge >= 0.3 is 0 Å². The summed E-state index contributed by atoms with van der Waals surface area (Å²) in [4.78, 5) is 12.0. The Balaban J connectivity index is 1.76. The first kappa shape index (κ1) is 13.7. The highest BCUT2D eigenvalue weighted by Crippen LogP contribution is 2.28. The number of rotatable bonds is 6. The van der Waals surface area contributed by atoms with Gasteiger partial charge in [-0.25, -0.2) is 0 Å². The number of carbonyl (C=O) groups is 1. The fraction of sp³-hybridized carbons (Fsp3) is 0.562. The Bertz CT molecular complexity index is 377. The lowest BCUT2D eigenvalue weighted by Gasteiger charge is -2.07. The summed E-state index contributed by atoms with van der Waals surface area (Å²) in [7, 11) is 0. The van der Waals surface area contributed by atoms with Crippen LogP contribution in [0.1, 0.15) is 48.5 Å². The first-order valence-corrected chi connectivity index (χ1v) is 8.15. The summed E-state index contributed by atoms with van der Waals surface area (Å²) in [5.41, 5.74) is 2.16. The molecule has 0 heterocycles. The summed E-state index contributed by atoms with van der Waals surface area (Å²) >= 11 is 1.81. The van der Waals surface area contributed by atoms with Gasteiger partial charge < -0.3 is 0 Å². The maximum absolute atomic E-state index is 12.0. The van der Waals surface area contributed by atoms with E-state index in [0.717, 1.165) is 17.9 Å². The molecule has 1 aromatic rings. The van der Waals surface area contributed by atoms with Crippen molar-refractivity contribution in [1.29, 1.82) is 0 Å². The minimum absolute atomic E-state index is 0.278. The van der Waals surface area contributed by atoms with Crippen molar-refractivity contribution >= 4 is 17.5 Å². The third-order valence-corrected chi connectivity index (χ3v) is 4.92. The zero-order chi connectivity index (χ0) is 12.8. The molecule has 0 aromatic heterocycles. The van der Waals surface area contributed by atoms with E-state index < -0.39 is 0 Å². The van der Waals surface area contributed by atoms with Gasteiger partial charge in [-0.3, -0.25) is 4.79 Å². The van der Waals surface area contributed by atoms with Gasteiger partial charge in [-0.05, 0) is 36.5 Å². The SMILES string of the molecule is CCc1ccc(C(=O)CSCC2CCCC2)cc1. The lowest BCUT2D eigenvalue weighted by atomic mass is 10.1. The Morgan fingerprint density at radius 2 is 1.89 bits per heavy atom. The van der Waals surface area contributed by atoms with Crippen LogP contribution in [0.3, 0.4) is 0 Å². The molecule has 0 atom stereocenters. The van der Waals surface area contributed by atoms with Crippen molar-refractivity contribution in [3.63, 3.8) is 0 Å². The van der Waals surface area contributed by atoms with E-state index in [1.807, 2.05) is 23.9 Å². The third-order valence-electron chi connectivity index (χ3n) is 3.75. The van der Waals surface area contributed by atoms with Gasteiger partial charge in [0.15, 0.2) is 5.78 Å². The predicted octanol–water partition coefficient (Wildman–Crippen LogP) is 4.36. The van der Waals surface area contributed by atoms with Crippen molar-refractivity contribution in [3.05, 3.63) is 35.4 Å². The molecular formula is C16H22OS. The minimum atomic E-state index is 0.278.